The van der Waals surface area contributed by atoms with Gasteiger partial charge in [0.1, 0.15) is 17.1 Å². The second-order valence-corrected chi connectivity index (χ2v) is 4.85. The van der Waals surface area contributed by atoms with Crippen molar-refractivity contribution in [3.05, 3.63) is 63.1 Å². The summed E-state index contributed by atoms with van der Waals surface area (Å²) in [5.41, 5.74) is 2.39. The normalized spacial score (nSPS) is 10.6. The Hall–Kier alpha value is -3.49. The van der Waals surface area contributed by atoms with Crippen LogP contribution in [-0.2, 0) is 4.74 Å². The van der Waals surface area contributed by atoms with Crippen LogP contribution >= 0.6 is 0 Å². The van der Waals surface area contributed by atoms with Crippen molar-refractivity contribution >= 4 is 23.8 Å². The van der Waals surface area contributed by atoms with E-state index in [2.05, 4.69) is 10.5 Å². The quantitative estimate of drug-likeness (QED) is 0.371. The van der Waals surface area contributed by atoms with Crippen molar-refractivity contribution in [1.29, 1.82) is 0 Å². The molecule has 0 spiro atoms. The molecule has 0 fully saturated rings. The monoisotopic (exact) mass is 345 g/mol. The first-order valence-corrected chi connectivity index (χ1v) is 7.27. The molecule has 1 aromatic carbocycles. The van der Waals surface area contributed by atoms with Gasteiger partial charge >= 0.3 is 5.97 Å². The van der Waals surface area contributed by atoms with E-state index in [0.29, 0.717) is 5.76 Å². The number of carbonyl (C=O) groups excluding carboxylic acids is 2. The van der Waals surface area contributed by atoms with Crippen LogP contribution in [0.2, 0.25) is 0 Å². The predicted molar refractivity (Wildman–Crippen MR) is 87.6 cm³/mol. The zero-order valence-electron chi connectivity index (χ0n) is 13.5. The minimum Gasteiger partial charge on any atom is -0.462 e. The van der Waals surface area contributed by atoms with Gasteiger partial charge in [-0.25, -0.2) is 10.2 Å². The van der Waals surface area contributed by atoms with Crippen LogP contribution in [0.5, 0.6) is 0 Å². The van der Waals surface area contributed by atoms with E-state index in [0.717, 1.165) is 6.07 Å². The number of hydrazone groups is 1. The van der Waals surface area contributed by atoms with Crippen molar-refractivity contribution in [3.63, 3.8) is 0 Å². The van der Waals surface area contributed by atoms with Crippen LogP contribution < -0.4 is 5.43 Å². The van der Waals surface area contributed by atoms with Crippen molar-refractivity contribution < 1.29 is 23.7 Å². The molecule has 1 N–H and O–H groups in total. The van der Waals surface area contributed by atoms with Gasteiger partial charge in [-0.1, -0.05) is 6.07 Å². The summed E-state index contributed by atoms with van der Waals surface area (Å²) < 4.78 is 10.2. The number of amides is 1. The van der Waals surface area contributed by atoms with Crippen LogP contribution in [0.15, 0.2) is 39.9 Å². The molecule has 0 radical (unpaired) electrons. The molecule has 0 saturated heterocycles. The molecular formula is C16H15N3O6. The maximum absolute atomic E-state index is 11.9. The van der Waals surface area contributed by atoms with Gasteiger partial charge in [0.2, 0.25) is 0 Å². The third-order valence-corrected chi connectivity index (χ3v) is 3.11. The number of aryl methyl sites for hydroxylation is 1. The van der Waals surface area contributed by atoms with Gasteiger partial charge in [-0.15, -0.1) is 0 Å². The molecule has 0 bridgehead atoms. The summed E-state index contributed by atoms with van der Waals surface area (Å²) in [5, 5.41) is 14.4. The number of non-ortho nitro benzene ring substituents is 1. The third-order valence-electron chi connectivity index (χ3n) is 3.11. The molecule has 9 heteroatoms. The molecule has 9 nitrogen and oxygen atoms in total. The van der Waals surface area contributed by atoms with Gasteiger partial charge in [0, 0.05) is 23.8 Å². The zero-order chi connectivity index (χ0) is 18.4. The molecular weight excluding hydrogens is 330 g/mol. The summed E-state index contributed by atoms with van der Waals surface area (Å²) in [6.07, 6.45) is 1.21. The number of hydrogen-bond acceptors (Lipinski definition) is 7. The number of ether oxygens (including phenoxy) is 1. The Balaban J connectivity index is 2.05. The molecule has 2 rings (SSSR count). The van der Waals surface area contributed by atoms with Gasteiger partial charge in [-0.05, 0) is 19.9 Å². The second-order valence-electron chi connectivity index (χ2n) is 4.85. The van der Waals surface area contributed by atoms with E-state index in [1.54, 1.807) is 13.8 Å². The molecule has 0 aliphatic rings. The van der Waals surface area contributed by atoms with Crippen molar-refractivity contribution in [2.24, 2.45) is 5.10 Å². The molecule has 1 amide bonds. The summed E-state index contributed by atoms with van der Waals surface area (Å²) >= 11 is 0. The van der Waals surface area contributed by atoms with E-state index >= 15 is 0 Å². The van der Waals surface area contributed by atoms with Crippen LogP contribution in [0.25, 0.3) is 0 Å². The van der Waals surface area contributed by atoms with Gasteiger partial charge in [-0.2, -0.15) is 5.10 Å². The van der Waals surface area contributed by atoms with E-state index in [-0.39, 0.29) is 29.2 Å². The number of rotatable bonds is 6. The number of nitro benzene ring substituents is 1. The van der Waals surface area contributed by atoms with E-state index in [1.165, 1.54) is 30.5 Å². The topological polar surface area (TPSA) is 124 Å². The Labute approximate surface area is 142 Å². The highest BCUT2D eigenvalue weighted by atomic mass is 16.6. The van der Waals surface area contributed by atoms with Crippen molar-refractivity contribution in [2.75, 3.05) is 6.61 Å². The minimum atomic E-state index is -0.617. The Bertz CT molecular complexity index is 840. The summed E-state index contributed by atoms with van der Waals surface area (Å²) in [6, 6.07) is 6.69. The number of nitrogens with one attached hydrogen (secondary N) is 1. The first-order valence-electron chi connectivity index (χ1n) is 7.27. The average molecular weight is 345 g/mol. The van der Waals surface area contributed by atoms with E-state index in [4.69, 9.17) is 9.15 Å². The fraction of sp³-hybridized carbons (Fsp3) is 0.188. The average Bonchev–Trinajstić information content (AvgIpc) is 2.96. The van der Waals surface area contributed by atoms with Crippen LogP contribution in [0.1, 0.15) is 39.2 Å². The summed E-state index contributed by atoms with van der Waals surface area (Å²) in [5.74, 6) is -0.511. The highest BCUT2D eigenvalue weighted by Crippen LogP contribution is 2.15. The smallest absolute Gasteiger partial charge is 0.341 e. The molecule has 2 aromatic rings. The van der Waals surface area contributed by atoms with Crippen LogP contribution in [0.4, 0.5) is 5.69 Å². The molecule has 0 saturated carbocycles. The standard InChI is InChI=1S/C16H15N3O6/c1-3-24-16(21)14-8-13(25-10(14)2)9-17-18-15(20)11-5-4-6-12(7-11)19(22)23/h4-9H,3H2,1-2H3,(H,18,20). The van der Waals surface area contributed by atoms with Crippen molar-refractivity contribution in [1.82, 2.24) is 5.43 Å². The summed E-state index contributed by atoms with van der Waals surface area (Å²) in [6.45, 7) is 3.54. The Kier molecular flexibility index (Phi) is 5.62. The number of esters is 1. The van der Waals surface area contributed by atoms with Crippen LogP contribution in [0, 0.1) is 17.0 Å². The molecule has 0 atom stereocenters. The van der Waals surface area contributed by atoms with Gasteiger partial charge in [0.15, 0.2) is 0 Å². The lowest BCUT2D eigenvalue weighted by atomic mass is 10.2. The molecule has 25 heavy (non-hydrogen) atoms. The zero-order valence-corrected chi connectivity index (χ0v) is 13.5. The summed E-state index contributed by atoms with van der Waals surface area (Å²) in [7, 11) is 0. The highest BCUT2D eigenvalue weighted by molar-refractivity contribution is 5.96. The van der Waals surface area contributed by atoms with E-state index in [9.17, 15) is 19.7 Å². The number of carbonyl (C=O) groups is 2. The molecule has 1 aromatic heterocycles. The van der Waals surface area contributed by atoms with Gasteiger partial charge in [0.05, 0.1) is 17.7 Å². The number of benzene rings is 1. The Morgan fingerprint density at radius 1 is 1.40 bits per heavy atom. The van der Waals surface area contributed by atoms with Gasteiger partial charge < -0.3 is 9.15 Å². The van der Waals surface area contributed by atoms with Crippen molar-refractivity contribution in [3.8, 4) is 0 Å². The minimum absolute atomic E-state index is 0.0918. The lowest BCUT2D eigenvalue weighted by Gasteiger charge is -1.99. The highest BCUT2D eigenvalue weighted by Gasteiger charge is 2.15. The molecule has 0 aliphatic heterocycles. The third kappa shape index (κ3) is 4.50. The Morgan fingerprint density at radius 3 is 2.84 bits per heavy atom. The molecule has 0 aliphatic carbocycles. The number of furan rings is 1. The number of nitrogens with zero attached hydrogens (tertiary/aromatic N) is 2. The van der Waals surface area contributed by atoms with Gasteiger partial charge in [0.25, 0.3) is 11.6 Å². The van der Waals surface area contributed by atoms with Crippen LogP contribution in [0.3, 0.4) is 0 Å². The number of nitro groups is 1. The Morgan fingerprint density at radius 2 is 2.16 bits per heavy atom. The number of hydrogen-bond donors (Lipinski definition) is 1. The first-order chi connectivity index (χ1) is 11.9. The van der Waals surface area contributed by atoms with E-state index < -0.39 is 16.8 Å². The fourth-order valence-corrected chi connectivity index (χ4v) is 1.96. The van der Waals surface area contributed by atoms with E-state index in [1.807, 2.05) is 0 Å². The summed E-state index contributed by atoms with van der Waals surface area (Å²) in [4.78, 5) is 33.7. The van der Waals surface area contributed by atoms with Crippen LogP contribution in [-0.4, -0.2) is 29.6 Å². The SMILES string of the molecule is CCOC(=O)c1cc(C=NNC(=O)c2cccc([N+](=O)[O-])c2)oc1C. The fourth-order valence-electron chi connectivity index (χ4n) is 1.96. The maximum atomic E-state index is 11.9. The van der Waals surface area contributed by atoms with Gasteiger partial charge in [-0.3, -0.25) is 14.9 Å². The lowest BCUT2D eigenvalue weighted by molar-refractivity contribution is -0.384. The second kappa shape index (κ2) is 7.86. The largest absolute Gasteiger partial charge is 0.462 e. The molecule has 130 valence electrons. The maximum Gasteiger partial charge on any atom is 0.341 e. The molecule has 1 heterocycles. The molecule has 0 unspecified atom stereocenters. The first kappa shape index (κ1) is 17.9. The lowest BCUT2D eigenvalue weighted by Crippen LogP contribution is -2.17. The van der Waals surface area contributed by atoms with Crippen molar-refractivity contribution in [2.45, 2.75) is 13.8 Å². The predicted octanol–water partition coefficient (Wildman–Crippen LogP) is 2.44.